The molecule has 6 rings (SSSR count). The van der Waals surface area contributed by atoms with Gasteiger partial charge in [-0.2, -0.15) is 0 Å². The summed E-state index contributed by atoms with van der Waals surface area (Å²) in [7, 11) is -0.268. The third kappa shape index (κ3) is 5.98. The maximum Gasteiger partial charge on any atom is 0.260 e. The summed E-state index contributed by atoms with van der Waals surface area (Å²) >= 11 is 0. The normalized spacial score (nSPS) is 10.7. The number of hydrogen-bond acceptors (Lipinski definition) is 1. The van der Waals surface area contributed by atoms with Crippen molar-refractivity contribution in [3.63, 3.8) is 0 Å². The molecule has 0 spiro atoms. The van der Waals surface area contributed by atoms with Crippen LogP contribution in [0.3, 0.4) is 0 Å². The van der Waals surface area contributed by atoms with Gasteiger partial charge in [-0.3, -0.25) is 14.0 Å². The number of rotatable bonds is 9. The molecule has 5 nitrogen and oxygen atoms in total. The molecule has 0 heterocycles. The van der Waals surface area contributed by atoms with Crippen LogP contribution >= 0.6 is 16.9 Å². The second-order valence-corrected chi connectivity index (χ2v) is 12.8. The van der Waals surface area contributed by atoms with Crippen molar-refractivity contribution in [2.24, 2.45) is 4.52 Å². The highest BCUT2D eigenvalue weighted by atomic mass is 31.2. The van der Waals surface area contributed by atoms with Gasteiger partial charge in [0.05, 0.1) is 0 Å². The minimum absolute atomic E-state index is 0. The van der Waals surface area contributed by atoms with Crippen molar-refractivity contribution in [2.75, 3.05) is 14.0 Å². The molecule has 0 aliphatic heterocycles. The molecule has 1 atom stereocenters. The Balaban J connectivity index is 0.00000368. The van der Waals surface area contributed by atoms with Crippen molar-refractivity contribution in [2.45, 2.75) is 0 Å². The second kappa shape index (κ2) is 14.0. The molecule has 6 aromatic carbocycles. The van der Waals surface area contributed by atoms with E-state index in [0.29, 0.717) is 0 Å². The van der Waals surface area contributed by atoms with E-state index in [1.165, 1.54) is 0 Å². The van der Waals surface area contributed by atoms with Crippen LogP contribution in [0.25, 0.3) is 0 Å². The number of para-hydroxylation sites is 6. The quantitative estimate of drug-likeness (QED) is 0.155. The smallest absolute Gasteiger partial charge is 0.260 e. The Bertz CT molecular complexity index is 1420. The molecular weight excluding hydrogens is 566 g/mol. The fourth-order valence-electron chi connectivity index (χ4n) is 5.22. The van der Waals surface area contributed by atoms with Crippen molar-refractivity contribution in [3.05, 3.63) is 182 Å². The van der Waals surface area contributed by atoms with Crippen LogP contribution in [0.5, 0.6) is 0 Å². The van der Waals surface area contributed by atoms with Gasteiger partial charge >= 0.3 is 0 Å². The topological polar surface area (TPSA) is 53.6 Å². The summed E-state index contributed by atoms with van der Waals surface area (Å²) < 4.78 is 12.7. The summed E-state index contributed by atoms with van der Waals surface area (Å²) in [6.07, 6.45) is 0. The maximum atomic E-state index is 5.48. The molecule has 0 aromatic heterocycles. The van der Waals surface area contributed by atoms with Gasteiger partial charge < -0.3 is 5.48 Å². The number of hydrogen-bond donors (Lipinski definition) is 0. The number of anilines is 6. The van der Waals surface area contributed by atoms with Gasteiger partial charge in [0.25, 0.3) is 7.51 Å². The zero-order valence-corrected chi connectivity index (χ0v) is 25.7. The van der Waals surface area contributed by atoms with E-state index in [1.54, 1.807) is 0 Å². The molecule has 0 fully saturated rings. The molecule has 0 saturated carbocycles. The summed E-state index contributed by atoms with van der Waals surface area (Å²) in [6, 6.07) is 63.4. The van der Waals surface area contributed by atoms with Crippen molar-refractivity contribution < 1.29 is 5.48 Å². The van der Waals surface area contributed by atoms with E-state index >= 15 is 0 Å². The van der Waals surface area contributed by atoms with Crippen LogP contribution in [-0.2, 0) is 0 Å². The summed E-state index contributed by atoms with van der Waals surface area (Å²) in [5.74, 6) is 0. The first-order valence-corrected chi connectivity index (χ1v) is 16.0. The fraction of sp³-hybridized carbons (Fsp3) is 0. The summed E-state index contributed by atoms with van der Waals surface area (Å²) in [4.78, 5) is 0. The predicted molar refractivity (Wildman–Crippen MR) is 188 cm³/mol. The van der Waals surface area contributed by atoms with E-state index in [-0.39, 0.29) is 5.48 Å². The lowest BCUT2D eigenvalue weighted by Crippen LogP contribution is -2.35. The number of benzene rings is 6. The zero-order chi connectivity index (χ0) is 28.6. The Morgan fingerprint density at radius 1 is 0.326 bits per heavy atom. The Morgan fingerprint density at radius 2 is 0.488 bits per heavy atom. The average molecular weight is 601 g/mol. The van der Waals surface area contributed by atoms with Gasteiger partial charge in [-0.15, -0.1) is 0 Å². The lowest BCUT2D eigenvalue weighted by Gasteiger charge is -2.51. The van der Waals surface area contributed by atoms with Crippen molar-refractivity contribution in [1.29, 1.82) is 0 Å². The Labute approximate surface area is 256 Å². The van der Waals surface area contributed by atoms with Crippen LogP contribution in [-0.4, -0.2) is 5.48 Å². The first-order valence-electron chi connectivity index (χ1n) is 13.9. The van der Waals surface area contributed by atoms with E-state index < -0.39 is 7.51 Å². The van der Waals surface area contributed by atoms with Crippen LogP contribution in [0.2, 0.25) is 0 Å². The second-order valence-electron chi connectivity index (χ2n) is 9.60. The SMILES string of the molecule is O.PN=P(N(c1ccccc1)c1ccccc1)(N(c1ccccc1)c1ccccc1)N(c1ccccc1)c1ccccc1. The molecule has 7 heteroatoms. The maximum absolute atomic E-state index is 5.48. The minimum atomic E-state index is -3.05. The lowest BCUT2D eigenvalue weighted by atomic mass is 10.2. The van der Waals surface area contributed by atoms with Gasteiger partial charge in [0.2, 0.25) is 0 Å². The van der Waals surface area contributed by atoms with Crippen molar-refractivity contribution in [1.82, 2.24) is 0 Å². The fourth-order valence-corrected chi connectivity index (χ4v) is 9.65. The standard InChI is InChI=1S/C36H32N4P2.H2O/c41-37-42(38(31-19-7-1-8-20-31)32-21-9-2-10-22-32,39(33-23-11-3-12-24-33)34-25-13-4-14-26-34)40(35-27-15-5-16-28-35)36-29-17-6-18-30-36;/h1-30H,41H2;1H2. The van der Waals surface area contributed by atoms with Gasteiger partial charge in [-0.05, 0) is 82.2 Å². The van der Waals surface area contributed by atoms with Gasteiger partial charge in [0, 0.05) is 34.1 Å². The Morgan fingerprint density at radius 3 is 0.628 bits per heavy atom. The molecule has 214 valence electrons. The molecule has 0 aliphatic carbocycles. The lowest BCUT2D eigenvalue weighted by molar-refractivity contribution is 0.824. The Kier molecular flexibility index (Phi) is 9.71. The van der Waals surface area contributed by atoms with Crippen LogP contribution in [0.1, 0.15) is 0 Å². The third-order valence-electron chi connectivity index (χ3n) is 6.96. The van der Waals surface area contributed by atoms with Crippen LogP contribution in [0.4, 0.5) is 34.1 Å². The van der Waals surface area contributed by atoms with Gasteiger partial charge in [-0.1, -0.05) is 109 Å². The largest absolute Gasteiger partial charge is 0.412 e. The van der Waals surface area contributed by atoms with E-state index in [2.05, 4.69) is 205 Å². The highest BCUT2D eigenvalue weighted by molar-refractivity contribution is 7.74. The molecule has 43 heavy (non-hydrogen) atoms. The summed E-state index contributed by atoms with van der Waals surface area (Å²) in [5.41, 5.74) is 6.23. The van der Waals surface area contributed by atoms with Crippen molar-refractivity contribution in [3.8, 4) is 0 Å². The van der Waals surface area contributed by atoms with E-state index in [4.69, 9.17) is 4.52 Å². The summed E-state index contributed by atoms with van der Waals surface area (Å²) in [6.45, 7) is 0. The molecule has 0 bridgehead atoms. The highest BCUT2D eigenvalue weighted by Crippen LogP contribution is 2.71. The summed E-state index contributed by atoms with van der Waals surface area (Å²) in [5, 5.41) is 0. The molecule has 0 saturated heterocycles. The first-order chi connectivity index (χ1) is 20.8. The molecule has 6 aromatic rings. The number of nitrogens with zero attached hydrogens (tertiary/aromatic N) is 4. The van der Waals surface area contributed by atoms with Gasteiger partial charge in [0.1, 0.15) is 0 Å². The first kappa shape index (κ1) is 29.8. The van der Waals surface area contributed by atoms with Gasteiger partial charge in [-0.25, -0.2) is 4.52 Å². The van der Waals surface area contributed by atoms with E-state index in [0.717, 1.165) is 34.1 Å². The highest BCUT2D eigenvalue weighted by Gasteiger charge is 2.44. The molecular formula is C36H34N4OP2. The average Bonchev–Trinajstić information content (AvgIpc) is 3.08. The van der Waals surface area contributed by atoms with Crippen LogP contribution < -0.4 is 14.0 Å². The molecule has 0 aliphatic rings. The monoisotopic (exact) mass is 600 g/mol. The zero-order valence-electron chi connectivity index (χ0n) is 23.6. The molecule has 0 radical (unpaired) electrons. The van der Waals surface area contributed by atoms with Crippen LogP contribution in [0.15, 0.2) is 187 Å². The van der Waals surface area contributed by atoms with E-state index in [9.17, 15) is 0 Å². The molecule has 1 unspecified atom stereocenters. The van der Waals surface area contributed by atoms with E-state index in [1.807, 2.05) is 0 Å². The molecule has 0 amide bonds. The van der Waals surface area contributed by atoms with Crippen LogP contribution in [0, 0.1) is 0 Å². The predicted octanol–water partition coefficient (Wildman–Crippen LogP) is 10.4. The third-order valence-corrected chi connectivity index (χ3v) is 11.2. The molecule has 2 N–H and O–H groups in total. The minimum Gasteiger partial charge on any atom is -0.412 e. The Hall–Kier alpha value is -4.66. The van der Waals surface area contributed by atoms with Gasteiger partial charge in [0.15, 0.2) is 0 Å². The van der Waals surface area contributed by atoms with Crippen molar-refractivity contribution >= 4 is 51.0 Å².